The van der Waals surface area contributed by atoms with Gasteiger partial charge >= 0.3 is 0 Å². The van der Waals surface area contributed by atoms with Gasteiger partial charge in [0.05, 0.1) is 16.9 Å². The number of hydrogen-bond acceptors (Lipinski definition) is 1. The molecule has 2 aromatic rings. The molecule has 0 N–H and O–H groups in total. The molecule has 1 aromatic heterocycles. The average Bonchev–Trinajstić information content (AvgIpc) is 2.49. The van der Waals surface area contributed by atoms with Crippen LogP contribution in [0.2, 0.25) is 10.0 Å². The summed E-state index contributed by atoms with van der Waals surface area (Å²) in [5.41, 5.74) is 3.08. The van der Waals surface area contributed by atoms with Crippen molar-refractivity contribution in [1.82, 2.24) is 9.78 Å². The number of hydrogen-bond donors (Lipinski definition) is 0. The van der Waals surface area contributed by atoms with Gasteiger partial charge in [0.15, 0.2) is 0 Å². The smallest absolute Gasteiger partial charge is 0.0836 e. The first-order valence-electron chi connectivity index (χ1n) is 4.56. The van der Waals surface area contributed by atoms with Crippen LogP contribution in [0.5, 0.6) is 0 Å². The molecule has 0 atom stereocenters. The van der Waals surface area contributed by atoms with Gasteiger partial charge in [-0.2, -0.15) is 5.10 Å². The normalized spacial score (nSPS) is 10.7. The van der Waals surface area contributed by atoms with Crippen LogP contribution in [-0.4, -0.2) is 9.78 Å². The third-order valence-electron chi connectivity index (χ3n) is 2.39. The second-order valence-corrected chi connectivity index (χ2v) is 4.26. The fourth-order valence-corrected chi connectivity index (χ4v) is 1.88. The molecule has 0 aliphatic rings. The largest absolute Gasteiger partial charge is 0.236 e. The van der Waals surface area contributed by atoms with E-state index in [4.69, 9.17) is 23.2 Å². The van der Waals surface area contributed by atoms with E-state index in [0.717, 1.165) is 16.9 Å². The van der Waals surface area contributed by atoms with Crippen LogP contribution < -0.4 is 0 Å². The van der Waals surface area contributed by atoms with Gasteiger partial charge in [0.1, 0.15) is 0 Å². The molecule has 0 aliphatic heterocycles. The Kier molecular flexibility index (Phi) is 2.72. The second kappa shape index (κ2) is 3.87. The molecule has 15 heavy (non-hydrogen) atoms. The van der Waals surface area contributed by atoms with Crippen molar-refractivity contribution >= 4 is 23.2 Å². The third kappa shape index (κ3) is 1.87. The van der Waals surface area contributed by atoms with Crippen molar-refractivity contribution in [2.75, 3.05) is 0 Å². The van der Waals surface area contributed by atoms with Crippen LogP contribution in [0.15, 0.2) is 24.4 Å². The number of aryl methyl sites for hydroxylation is 1. The van der Waals surface area contributed by atoms with Gasteiger partial charge in [0.2, 0.25) is 0 Å². The van der Waals surface area contributed by atoms with Crippen LogP contribution in [0.25, 0.3) is 5.69 Å². The molecule has 0 saturated heterocycles. The van der Waals surface area contributed by atoms with Gasteiger partial charge in [-0.15, -0.1) is 0 Å². The number of aromatic nitrogens is 2. The van der Waals surface area contributed by atoms with Crippen molar-refractivity contribution < 1.29 is 0 Å². The highest BCUT2D eigenvalue weighted by molar-refractivity contribution is 6.35. The first-order chi connectivity index (χ1) is 7.09. The number of nitrogens with zero attached hydrogens (tertiary/aromatic N) is 2. The van der Waals surface area contributed by atoms with Crippen molar-refractivity contribution in [3.05, 3.63) is 45.7 Å². The zero-order chi connectivity index (χ0) is 11.0. The molecule has 1 heterocycles. The Morgan fingerprint density at radius 3 is 2.47 bits per heavy atom. The van der Waals surface area contributed by atoms with Gasteiger partial charge in [-0.05, 0) is 37.6 Å². The molecule has 4 heteroatoms. The number of rotatable bonds is 1. The van der Waals surface area contributed by atoms with Crippen LogP contribution in [-0.2, 0) is 0 Å². The Morgan fingerprint density at radius 2 is 1.93 bits per heavy atom. The molecule has 0 bridgehead atoms. The van der Waals surface area contributed by atoms with Crippen LogP contribution in [0, 0.1) is 13.8 Å². The Labute approximate surface area is 98.4 Å². The summed E-state index contributed by atoms with van der Waals surface area (Å²) in [7, 11) is 0. The fraction of sp³-hybridized carbons (Fsp3) is 0.182. The van der Waals surface area contributed by atoms with E-state index >= 15 is 0 Å². The summed E-state index contributed by atoms with van der Waals surface area (Å²) in [4.78, 5) is 0. The monoisotopic (exact) mass is 240 g/mol. The van der Waals surface area contributed by atoms with Crippen molar-refractivity contribution in [2.45, 2.75) is 13.8 Å². The summed E-state index contributed by atoms with van der Waals surface area (Å²) in [5, 5.41) is 5.50. The molecule has 0 aliphatic carbocycles. The maximum atomic E-state index is 6.10. The lowest BCUT2D eigenvalue weighted by Crippen LogP contribution is -1.99. The molecular formula is C11H10Cl2N2. The van der Waals surface area contributed by atoms with Crippen LogP contribution in [0.4, 0.5) is 0 Å². The highest BCUT2D eigenvalue weighted by atomic mass is 35.5. The maximum absolute atomic E-state index is 6.10. The van der Waals surface area contributed by atoms with Gasteiger partial charge in [0, 0.05) is 10.7 Å². The average molecular weight is 241 g/mol. The molecular weight excluding hydrogens is 231 g/mol. The Hall–Kier alpha value is -0.990. The Bertz CT molecular complexity index is 503. The van der Waals surface area contributed by atoms with Crippen molar-refractivity contribution in [3.63, 3.8) is 0 Å². The summed E-state index contributed by atoms with van der Waals surface area (Å²) in [5.74, 6) is 0. The van der Waals surface area contributed by atoms with Gasteiger partial charge in [0.25, 0.3) is 0 Å². The minimum Gasteiger partial charge on any atom is -0.236 e. The molecule has 0 amide bonds. The molecule has 78 valence electrons. The molecule has 0 radical (unpaired) electrons. The van der Waals surface area contributed by atoms with Gasteiger partial charge in [-0.3, -0.25) is 0 Å². The van der Waals surface area contributed by atoms with E-state index in [2.05, 4.69) is 5.10 Å². The highest BCUT2D eigenvalue weighted by Gasteiger charge is 2.08. The van der Waals surface area contributed by atoms with Crippen molar-refractivity contribution in [3.8, 4) is 5.69 Å². The molecule has 0 spiro atoms. The standard InChI is InChI=1S/C11H10Cl2N2/c1-7-6-14-15(8(7)2)11-4-3-9(12)5-10(11)13/h3-6H,1-2H3. The van der Waals surface area contributed by atoms with E-state index in [-0.39, 0.29) is 0 Å². The first-order valence-corrected chi connectivity index (χ1v) is 5.32. The quantitative estimate of drug-likeness (QED) is 0.742. The highest BCUT2D eigenvalue weighted by Crippen LogP contribution is 2.25. The lowest BCUT2D eigenvalue weighted by atomic mass is 10.3. The van der Waals surface area contributed by atoms with Gasteiger partial charge in [-0.1, -0.05) is 23.2 Å². The zero-order valence-corrected chi connectivity index (χ0v) is 9.97. The molecule has 1 aromatic carbocycles. The number of halogens is 2. The third-order valence-corrected chi connectivity index (χ3v) is 2.93. The van der Waals surface area contributed by atoms with Crippen LogP contribution >= 0.6 is 23.2 Å². The lowest BCUT2D eigenvalue weighted by molar-refractivity contribution is 0.846. The second-order valence-electron chi connectivity index (χ2n) is 3.42. The van der Waals surface area contributed by atoms with Crippen molar-refractivity contribution in [2.24, 2.45) is 0 Å². The molecule has 0 fully saturated rings. The minimum absolute atomic E-state index is 0.605. The Morgan fingerprint density at radius 1 is 1.20 bits per heavy atom. The molecule has 2 rings (SSSR count). The predicted molar refractivity (Wildman–Crippen MR) is 63.1 cm³/mol. The predicted octanol–water partition coefficient (Wildman–Crippen LogP) is 3.80. The number of benzene rings is 1. The van der Waals surface area contributed by atoms with Crippen LogP contribution in [0.1, 0.15) is 11.3 Å². The summed E-state index contributed by atoms with van der Waals surface area (Å²) in [6, 6.07) is 5.39. The summed E-state index contributed by atoms with van der Waals surface area (Å²) < 4.78 is 1.81. The van der Waals surface area contributed by atoms with E-state index in [0.29, 0.717) is 10.0 Å². The maximum Gasteiger partial charge on any atom is 0.0836 e. The SMILES string of the molecule is Cc1cnn(-c2ccc(Cl)cc2Cl)c1C. The van der Waals surface area contributed by atoms with E-state index in [9.17, 15) is 0 Å². The molecule has 0 unspecified atom stereocenters. The van der Waals surface area contributed by atoms with Crippen LogP contribution in [0.3, 0.4) is 0 Å². The lowest BCUT2D eigenvalue weighted by Gasteiger charge is -2.07. The zero-order valence-electron chi connectivity index (χ0n) is 8.46. The summed E-state index contributed by atoms with van der Waals surface area (Å²) >= 11 is 11.9. The van der Waals surface area contributed by atoms with Gasteiger partial charge < -0.3 is 0 Å². The van der Waals surface area contributed by atoms with E-state index in [1.807, 2.05) is 30.8 Å². The topological polar surface area (TPSA) is 17.8 Å². The van der Waals surface area contributed by atoms with E-state index in [1.54, 1.807) is 12.1 Å². The van der Waals surface area contributed by atoms with Crippen molar-refractivity contribution in [1.29, 1.82) is 0 Å². The summed E-state index contributed by atoms with van der Waals surface area (Å²) in [6.45, 7) is 4.02. The first kappa shape index (κ1) is 10.5. The van der Waals surface area contributed by atoms with Gasteiger partial charge in [-0.25, -0.2) is 4.68 Å². The molecule has 2 nitrogen and oxygen atoms in total. The molecule has 0 saturated carbocycles. The Balaban J connectivity index is 2.59. The fourth-order valence-electron chi connectivity index (χ4n) is 1.39. The minimum atomic E-state index is 0.605. The summed E-state index contributed by atoms with van der Waals surface area (Å²) in [6.07, 6.45) is 1.82. The van der Waals surface area contributed by atoms with E-state index < -0.39 is 0 Å². The van der Waals surface area contributed by atoms with E-state index in [1.165, 1.54) is 0 Å².